The van der Waals surface area contributed by atoms with Gasteiger partial charge in [-0.05, 0) is 54.5 Å². The van der Waals surface area contributed by atoms with Gasteiger partial charge in [-0.25, -0.2) is 4.39 Å². The number of aryl methyl sites for hydroxylation is 1. The van der Waals surface area contributed by atoms with Crippen molar-refractivity contribution in [2.24, 2.45) is 0 Å². The number of nitrogens with zero attached hydrogens (tertiary/aromatic N) is 1. The summed E-state index contributed by atoms with van der Waals surface area (Å²) in [6.07, 6.45) is 1.28. The lowest BCUT2D eigenvalue weighted by atomic mass is 10.1. The third-order valence-electron chi connectivity index (χ3n) is 4.42. The van der Waals surface area contributed by atoms with Crippen LogP contribution in [-0.2, 0) is 4.79 Å². The molecule has 32 heavy (non-hydrogen) atoms. The topological polar surface area (TPSA) is 101 Å². The van der Waals surface area contributed by atoms with Crippen LogP contribution in [0.15, 0.2) is 76.9 Å². The lowest BCUT2D eigenvalue weighted by Crippen LogP contribution is -2.31. The molecule has 0 radical (unpaired) electrons. The van der Waals surface area contributed by atoms with Gasteiger partial charge in [0.15, 0.2) is 0 Å². The van der Waals surface area contributed by atoms with E-state index in [9.17, 15) is 24.1 Å². The monoisotopic (exact) mass is 497 g/mol. The van der Waals surface area contributed by atoms with Crippen molar-refractivity contribution < 1.29 is 18.9 Å². The van der Waals surface area contributed by atoms with E-state index in [4.69, 9.17) is 0 Å². The summed E-state index contributed by atoms with van der Waals surface area (Å²) in [5.41, 5.74) is 1.03. The van der Waals surface area contributed by atoms with E-state index in [1.54, 1.807) is 24.3 Å². The van der Waals surface area contributed by atoms with Gasteiger partial charge in [-0.2, -0.15) is 0 Å². The van der Waals surface area contributed by atoms with E-state index < -0.39 is 22.6 Å². The van der Waals surface area contributed by atoms with Gasteiger partial charge >= 0.3 is 0 Å². The molecule has 0 fully saturated rings. The molecule has 3 rings (SSSR count). The summed E-state index contributed by atoms with van der Waals surface area (Å²) in [5.74, 6) is -2.26. The van der Waals surface area contributed by atoms with Crippen molar-refractivity contribution in [3.8, 4) is 0 Å². The first-order valence-electron chi connectivity index (χ1n) is 9.34. The lowest BCUT2D eigenvalue weighted by molar-refractivity contribution is -0.384. The molecule has 3 aromatic rings. The number of carbonyl (C=O) groups excluding carboxylic acids is 2. The van der Waals surface area contributed by atoms with Crippen molar-refractivity contribution in [3.63, 3.8) is 0 Å². The van der Waals surface area contributed by atoms with Crippen molar-refractivity contribution in [2.45, 2.75) is 6.92 Å². The molecule has 0 unspecified atom stereocenters. The standard InChI is InChI=1S/C23H17BrFN3O4/c1-14-11-16(9-10-19(14)24)26-23(30)21(13-15-5-4-6-17(12-15)28(31)32)27-22(29)18-7-2-3-8-20(18)25/h2-13H,1H3,(H,26,30)(H,27,29)/b21-13-. The van der Waals surface area contributed by atoms with Crippen molar-refractivity contribution in [2.75, 3.05) is 5.32 Å². The van der Waals surface area contributed by atoms with Crippen LogP contribution in [0.2, 0.25) is 0 Å². The van der Waals surface area contributed by atoms with Crippen LogP contribution >= 0.6 is 15.9 Å². The molecule has 0 aliphatic heterocycles. The molecular formula is C23H17BrFN3O4. The van der Waals surface area contributed by atoms with Gasteiger partial charge in [0.25, 0.3) is 17.5 Å². The number of nitro groups is 1. The maximum Gasteiger partial charge on any atom is 0.272 e. The minimum Gasteiger partial charge on any atom is -0.321 e. The second-order valence-corrected chi connectivity index (χ2v) is 7.62. The summed E-state index contributed by atoms with van der Waals surface area (Å²) in [5, 5.41) is 16.1. The summed E-state index contributed by atoms with van der Waals surface area (Å²) in [6, 6.07) is 16.1. The minimum absolute atomic E-state index is 0.178. The molecule has 0 heterocycles. The molecule has 0 aliphatic rings. The number of rotatable bonds is 6. The zero-order chi connectivity index (χ0) is 23.3. The van der Waals surface area contributed by atoms with Gasteiger partial charge in [0.2, 0.25) is 0 Å². The van der Waals surface area contributed by atoms with Crippen molar-refractivity contribution >= 4 is 45.2 Å². The minimum atomic E-state index is -0.832. The molecule has 0 spiro atoms. The lowest BCUT2D eigenvalue weighted by Gasteiger charge is -2.12. The van der Waals surface area contributed by atoms with Crippen molar-refractivity contribution in [1.29, 1.82) is 0 Å². The predicted octanol–water partition coefficient (Wildman–Crippen LogP) is 5.21. The zero-order valence-corrected chi connectivity index (χ0v) is 18.4. The molecule has 2 N–H and O–H groups in total. The van der Waals surface area contributed by atoms with E-state index in [0.29, 0.717) is 11.3 Å². The number of halogens is 2. The largest absolute Gasteiger partial charge is 0.321 e. The molecule has 162 valence electrons. The van der Waals surface area contributed by atoms with E-state index in [-0.39, 0.29) is 16.9 Å². The number of nitro benzene ring substituents is 1. The smallest absolute Gasteiger partial charge is 0.272 e. The first kappa shape index (κ1) is 22.8. The highest BCUT2D eigenvalue weighted by Crippen LogP contribution is 2.21. The molecular weight excluding hydrogens is 481 g/mol. The second kappa shape index (κ2) is 9.97. The fourth-order valence-corrected chi connectivity index (χ4v) is 3.06. The third-order valence-corrected chi connectivity index (χ3v) is 5.31. The Morgan fingerprint density at radius 3 is 2.50 bits per heavy atom. The average Bonchev–Trinajstić information content (AvgIpc) is 2.76. The van der Waals surface area contributed by atoms with E-state index >= 15 is 0 Å². The quantitative estimate of drug-likeness (QED) is 0.277. The highest BCUT2D eigenvalue weighted by molar-refractivity contribution is 9.10. The van der Waals surface area contributed by atoms with Crippen LogP contribution in [0.25, 0.3) is 6.08 Å². The maximum atomic E-state index is 14.0. The number of carbonyl (C=O) groups is 2. The molecule has 2 amide bonds. The molecule has 9 heteroatoms. The van der Waals surface area contributed by atoms with Gasteiger partial charge in [0.1, 0.15) is 11.5 Å². The van der Waals surface area contributed by atoms with Crippen LogP contribution in [0.5, 0.6) is 0 Å². The molecule has 0 saturated carbocycles. The number of amides is 2. The Hall–Kier alpha value is -3.85. The fourth-order valence-electron chi connectivity index (χ4n) is 2.81. The summed E-state index contributed by atoms with van der Waals surface area (Å²) in [7, 11) is 0. The van der Waals surface area contributed by atoms with Crippen LogP contribution in [0, 0.1) is 22.9 Å². The van der Waals surface area contributed by atoms with Gasteiger partial charge in [-0.3, -0.25) is 19.7 Å². The normalized spacial score (nSPS) is 11.0. The number of nitrogens with one attached hydrogen (secondary N) is 2. The van der Waals surface area contributed by atoms with E-state index in [0.717, 1.165) is 16.1 Å². The van der Waals surface area contributed by atoms with Crippen LogP contribution in [0.4, 0.5) is 15.8 Å². The van der Waals surface area contributed by atoms with E-state index in [2.05, 4.69) is 26.6 Å². The summed E-state index contributed by atoms with van der Waals surface area (Å²) in [6.45, 7) is 1.85. The Bertz CT molecular complexity index is 1240. The van der Waals surface area contributed by atoms with Gasteiger partial charge in [-0.15, -0.1) is 0 Å². The predicted molar refractivity (Wildman–Crippen MR) is 122 cm³/mol. The van der Waals surface area contributed by atoms with E-state index in [1.165, 1.54) is 42.5 Å². The zero-order valence-electron chi connectivity index (χ0n) is 16.8. The molecule has 0 atom stereocenters. The fraction of sp³-hybridized carbons (Fsp3) is 0.0435. The van der Waals surface area contributed by atoms with Crippen molar-refractivity contribution in [1.82, 2.24) is 5.32 Å². The van der Waals surface area contributed by atoms with Gasteiger partial charge < -0.3 is 10.6 Å². The van der Waals surface area contributed by atoms with Crippen molar-refractivity contribution in [3.05, 3.63) is 110 Å². The SMILES string of the molecule is Cc1cc(NC(=O)/C(=C/c2cccc([N+](=O)[O-])c2)NC(=O)c2ccccc2F)ccc1Br. The van der Waals surface area contributed by atoms with Crippen LogP contribution in [0.3, 0.4) is 0 Å². The summed E-state index contributed by atoms with van der Waals surface area (Å²) in [4.78, 5) is 36.1. The maximum absolute atomic E-state index is 14.0. The Morgan fingerprint density at radius 1 is 1.06 bits per heavy atom. The van der Waals surface area contributed by atoms with Crippen LogP contribution in [-0.4, -0.2) is 16.7 Å². The Labute approximate surface area is 191 Å². The molecule has 0 aromatic heterocycles. The second-order valence-electron chi connectivity index (χ2n) is 6.76. The van der Waals surface area contributed by atoms with Crippen LogP contribution in [0.1, 0.15) is 21.5 Å². The molecule has 0 saturated heterocycles. The van der Waals surface area contributed by atoms with Crippen LogP contribution < -0.4 is 10.6 Å². The Morgan fingerprint density at radius 2 is 1.81 bits per heavy atom. The first-order valence-corrected chi connectivity index (χ1v) is 10.1. The number of non-ortho nitro benzene ring substituents is 1. The Kier molecular flexibility index (Phi) is 7.11. The Balaban J connectivity index is 1.96. The molecule has 7 nitrogen and oxygen atoms in total. The third kappa shape index (κ3) is 5.64. The molecule has 0 aliphatic carbocycles. The summed E-state index contributed by atoms with van der Waals surface area (Å²) < 4.78 is 14.9. The average molecular weight is 498 g/mol. The summed E-state index contributed by atoms with van der Waals surface area (Å²) >= 11 is 3.38. The number of benzene rings is 3. The molecule has 0 bridgehead atoms. The highest BCUT2D eigenvalue weighted by atomic mass is 79.9. The highest BCUT2D eigenvalue weighted by Gasteiger charge is 2.18. The van der Waals surface area contributed by atoms with Gasteiger partial charge in [-0.1, -0.05) is 40.2 Å². The van der Waals surface area contributed by atoms with Gasteiger partial charge in [0, 0.05) is 22.3 Å². The first-order chi connectivity index (χ1) is 15.2. The number of anilines is 1. The number of hydrogen-bond acceptors (Lipinski definition) is 4. The molecule has 3 aromatic carbocycles. The number of hydrogen-bond donors (Lipinski definition) is 2. The van der Waals surface area contributed by atoms with E-state index in [1.807, 2.05) is 6.92 Å². The van der Waals surface area contributed by atoms with Gasteiger partial charge in [0.05, 0.1) is 10.5 Å².